The Labute approximate surface area is 175 Å². The number of rotatable bonds is 4. The van der Waals surface area contributed by atoms with Crippen LogP contribution in [0, 0.1) is 0 Å². The lowest BCUT2D eigenvalue weighted by atomic mass is 9.90. The number of nitrogens with one attached hydrogen (secondary N) is 1. The summed E-state index contributed by atoms with van der Waals surface area (Å²) in [6, 6.07) is 14.8. The molecule has 9 heteroatoms. The van der Waals surface area contributed by atoms with Crippen LogP contribution in [0.25, 0.3) is 0 Å². The topological polar surface area (TPSA) is 78.4 Å². The number of nitrogens with zero attached hydrogens (tertiary/aromatic N) is 4. The largest absolute Gasteiger partial charge is 0.351 e. The van der Waals surface area contributed by atoms with Crippen molar-refractivity contribution in [2.75, 3.05) is 25.0 Å². The molecule has 2 aromatic carbocycles. The highest BCUT2D eigenvalue weighted by Crippen LogP contribution is 2.49. The standard InChI is InChI=1S/C20H16ClN5O2S/c21-14-7-5-13(6-8-14)20-16-4-2-1-3-15(16)18(28)26(20)10-9-25(20)17(27)11-22-19-24-23-12-29-19/h1-8,12H,9-11H2,(H,22,24). The van der Waals surface area contributed by atoms with Gasteiger partial charge in [-0.3, -0.25) is 9.59 Å². The molecule has 3 heterocycles. The van der Waals surface area contributed by atoms with E-state index in [1.165, 1.54) is 11.3 Å². The van der Waals surface area contributed by atoms with Gasteiger partial charge in [-0.1, -0.05) is 53.3 Å². The van der Waals surface area contributed by atoms with Crippen molar-refractivity contribution in [1.29, 1.82) is 0 Å². The second-order valence-corrected chi connectivity index (χ2v) is 8.09. The molecule has 3 aromatic rings. The van der Waals surface area contributed by atoms with Gasteiger partial charge in [0.1, 0.15) is 5.51 Å². The molecule has 0 aliphatic carbocycles. The summed E-state index contributed by atoms with van der Waals surface area (Å²) < 4.78 is 0. The first-order valence-corrected chi connectivity index (χ1v) is 10.4. The van der Waals surface area contributed by atoms with Crippen LogP contribution in [0.3, 0.4) is 0 Å². The fourth-order valence-electron chi connectivity index (χ4n) is 4.28. The van der Waals surface area contributed by atoms with Crippen molar-refractivity contribution in [2.24, 2.45) is 0 Å². The summed E-state index contributed by atoms with van der Waals surface area (Å²) in [7, 11) is 0. The predicted molar refractivity (Wildman–Crippen MR) is 110 cm³/mol. The van der Waals surface area contributed by atoms with E-state index in [2.05, 4.69) is 15.5 Å². The van der Waals surface area contributed by atoms with Crippen LogP contribution in [0.2, 0.25) is 5.02 Å². The third kappa shape index (κ3) is 2.63. The van der Waals surface area contributed by atoms with Crippen LogP contribution >= 0.6 is 22.9 Å². The first-order chi connectivity index (χ1) is 14.1. The van der Waals surface area contributed by atoms with E-state index < -0.39 is 5.66 Å². The minimum absolute atomic E-state index is 0.0642. The summed E-state index contributed by atoms with van der Waals surface area (Å²) in [5, 5.41) is 11.9. The van der Waals surface area contributed by atoms with Crippen molar-refractivity contribution in [2.45, 2.75) is 5.66 Å². The summed E-state index contributed by atoms with van der Waals surface area (Å²) >= 11 is 7.44. The molecule has 1 aromatic heterocycles. The Morgan fingerprint density at radius 1 is 1.17 bits per heavy atom. The molecule has 2 aliphatic rings. The SMILES string of the molecule is O=C(CNc1nncs1)N1CCN2C(=O)c3ccccc3C12c1ccc(Cl)cc1. The van der Waals surface area contributed by atoms with E-state index in [0.717, 1.165) is 11.1 Å². The van der Waals surface area contributed by atoms with E-state index in [4.69, 9.17) is 11.6 Å². The Hall–Kier alpha value is -2.97. The number of anilines is 1. The molecule has 0 saturated carbocycles. The Kier molecular flexibility index (Phi) is 4.25. The molecule has 2 aliphatic heterocycles. The molecule has 0 spiro atoms. The second kappa shape index (κ2) is 6.82. The van der Waals surface area contributed by atoms with Gasteiger partial charge in [-0.25, -0.2) is 0 Å². The number of carbonyl (C=O) groups is 2. The highest BCUT2D eigenvalue weighted by atomic mass is 35.5. The van der Waals surface area contributed by atoms with Gasteiger partial charge in [0.25, 0.3) is 5.91 Å². The van der Waals surface area contributed by atoms with Crippen LogP contribution in [0.4, 0.5) is 5.13 Å². The molecule has 2 amide bonds. The van der Waals surface area contributed by atoms with Crippen LogP contribution in [-0.2, 0) is 10.5 Å². The van der Waals surface area contributed by atoms with Gasteiger partial charge < -0.3 is 15.1 Å². The number of amides is 2. The van der Waals surface area contributed by atoms with Crippen LogP contribution in [0.1, 0.15) is 21.5 Å². The van der Waals surface area contributed by atoms with Gasteiger partial charge in [-0.05, 0) is 18.2 Å². The number of fused-ring (bicyclic) bond motifs is 3. The van der Waals surface area contributed by atoms with Gasteiger partial charge in [-0.15, -0.1) is 10.2 Å². The van der Waals surface area contributed by atoms with Crippen molar-refractivity contribution in [3.8, 4) is 0 Å². The Morgan fingerprint density at radius 3 is 2.72 bits per heavy atom. The molecule has 7 nitrogen and oxygen atoms in total. The lowest BCUT2D eigenvalue weighted by molar-refractivity contribution is -0.134. The van der Waals surface area contributed by atoms with Gasteiger partial charge in [0.2, 0.25) is 11.0 Å². The van der Waals surface area contributed by atoms with Gasteiger partial charge >= 0.3 is 0 Å². The maximum absolute atomic E-state index is 13.3. The Balaban J connectivity index is 1.61. The highest BCUT2D eigenvalue weighted by molar-refractivity contribution is 7.13. The third-order valence-corrected chi connectivity index (χ3v) is 6.31. The molecule has 29 heavy (non-hydrogen) atoms. The summed E-state index contributed by atoms with van der Waals surface area (Å²) in [5.74, 6) is -0.190. The zero-order valence-corrected chi connectivity index (χ0v) is 16.8. The average molecular weight is 426 g/mol. The van der Waals surface area contributed by atoms with Crippen molar-refractivity contribution in [3.05, 3.63) is 75.8 Å². The minimum atomic E-state index is -0.974. The number of benzene rings is 2. The van der Waals surface area contributed by atoms with Gasteiger partial charge in [0.15, 0.2) is 5.66 Å². The monoisotopic (exact) mass is 425 g/mol. The average Bonchev–Trinajstić information content (AvgIpc) is 3.44. The number of hydrogen-bond acceptors (Lipinski definition) is 6. The summed E-state index contributed by atoms with van der Waals surface area (Å²) in [4.78, 5) is 30.0. The van der Waals surface area contributed by atoms with Gasteiger partial charge in [0.05, 0.1) is 6.54 Å². The molecule has 1 atom stereocenters. The molecule has 1 unspecified atom stereocenters. The predicted octanol–water partition coefficient (Wildman–Crippen LogP) is 2.80. The van der Waals surface area contributed by atoms with Crippen LogP contribution in [0.5, 0.6) is 0 Å². The number of halogens is 1. The van der Waals surface area contributed by atoms with E-state index in [9.17, 15) is 9.59 Å². The number of carbonyl (C=O) groups excluding carboxylic acids is 2. The first kappa shape index (κ1) is 18.1. The summed E-state index contributed by atoms with van der Waals surface area (Å²) in [5.41, 5.74) is 2.90. The maximum atomic E-state index is 13.3. The minimum Gasteiger partial charge on any atom is -0.351 e. The highest BCUT2D eigenvalue weighted by Gasteiger charge is 2.59. The molecule has 0 bridgehead atoms. The van der Waals surface area contributed by atoms with Crippen molar-refractivity contribution < 1.29 is 9.59 Å². The van der Waals surface area contributed by atoms with E-state index in [-0.39, 0.29) is 18.4 Å². The van der Waals surface area contributed by atoms with Crippen molar-refractivity contribution in [1.82, 2.24) is 20.0 Å². The molecule has 5 rings (SSSR count). The van der Waals surface area contributed by atoms with Crippen molar-refractivity contribution >= 4 is 39.9 Å². The zero-order valence-electron chi connectivity index (χ0n) is 15.2. The molecular formula is C20H16ClN5O2S. The second-order valence-electron chi connectivity index (χ2n) is 6.82. The normalized spacial score (nSPS) is 20.0. The fourth-order valence-corrected chi connectivity index (χ4v) is 4.85. The molecule has 1 saturated heterocycles. The quantitative estimate of drug-likeness (QED) is 0.695. The summed E-state index contributed by atoms with van der Waals surface area (Å²) in [6.07, 6.45) is 0. The van der Waals surface area contributed by atoms with E-state index in [1.807, 2.05) is 36.4 Å². The van der Waals surface area contributed by atoms with Crippen molar-refractivity contribution in [3.63, 3.8) is 0 Å². The molecule has 0 radical (unpaired) electrons. The lowest BCUT2D eigenvalue weighted by Gasteiger charge is -2.40. The van der Waals surface area contributed by atoms with Crippen LogP contribution < -0.4 is 5.32 Å². The number of hydrogen-bond donors (Lipinski definition) is 1. The molecule has 146 valence electrons. The first-order valence-electron chi connectivity index (χ1n) is 9.10. The smallest absolute Gasteiger partial charge is 0.256 e. The molecule has 1 fully saturated rings. The Morgan fingerprint density at radius 2 is 1.97 bits per heavy atom. The Bertz CT molecular complexity index is 1090. The summed E-state index contributed by atoms with van der Waals surface area (Å²) in [6.45, 7) is 0.967. The van der Waals surface area contributed by atoms with E-state index in [1.54, 1.807) is 27.4 Å². The van der Waals surface area contributed by atoms with Crippen LogP contribution in [-0.4, -0.2) is 51.4 Å². The third-order valence-electron chi connectivity index (χ3n) is 5.41. The van der Waals surface area contributed by atoms with Gasteiger partial charge in [-0.2, -0.15) is 0 Å². The molecule has 1 N–H and O–H groups in total. The maximum Gasteiger partial charge on any atom is 0.256 e. The fraction of sp³-hybridized carbons (Fsp3) is 0.200. The molecular weight excluding hydrogens is 410 g/mol. The lowest BCUT2D eigenvalue weighted by Crippen LogP contribution is -2.52. The van der Waals surface area contributed by atoms with E-state index >= 15 is 0 Å². The van der Waals surface area contributed by atoms with Crippen LogP contribution in [0.15, 0.2) is 54.0 Å². The van der Waals surface area contributed by atoms with Gasteiger partial charge in [0, 0.05) is 34.8 Å². The van der Waals surface area contributed by atoms with E-state index in [0.29, 0.717) is 28.8 Å². The zero-order chi connectivity index (χ0) is 20.0. The number of aromatic nitrogens is 2.